The molecule has 3 heterocycles. The van der Waals surface area contributed by atoms with E-state index in [0.29, 0.717) is 12.6 Å². The zero-order valence-electron chi connectivity index (χ0n) is 16.0. The molecule has 0 spiro atoms. The van der Waals surface area contributed by atoms with Crippen LogP contribution >= 0.6 is 0 Å². The van der Waals surface area contributed by atoms with E-state index in [-0.39, 0.29) is 18.0 Å². The van der Waals surface area contributed by atoms with E-state index in [1.165, 1.54) is 25.9 Å². The third-order valence-electron chi connectivity index (χ3n) is 6.46. The average molecular weight is 372 g/mol. The normalized spacial score (nSPS) is 30.8. The molecule has 2 saturated heterocycles. The van der Waals surface area contributed by atoms with Gasteiger partial charge in [0.15, 0.2) is 0 Å². The van der Waals surface area contributed by atoms with E-state index in [1.807, 2.05) is 12.3 Å². The van der Waals surface area contributed by atoms with Crippen LogP contribution in [0.3, 0.4) is 0 Å². The average Bonchev–Trinajstić information content (AvgIpc) is 3.42. The van der Waals surface area contributed by atoms with Gasteiger partial charge in [0.05, 0.1) is 18.8 Å². The number of halogens is 1. The minimum atomic E-state index is -0.161. The summed E-state index contributed by atoms with van der Waals surface area (Å²) >= 11 is 0. The highest BCUT2D eigenvalue weighted by molar-refractivity contribution is 5.83. The van der Waals surface area contributed by atoms with E-state index >= 15 is 0 Å². The second-order valence-electron chi connectivity index (χ2n) is 8.39. The van der Waals surface area contributed by atoms with Crippen LogP contribution < -0.4 is 5.32 Å². The Morgan fingerprint density at radius 3 is 2.85 bits per heavy atom. The van der Waals surface area contributed by atoms with Crippen molar-refractivity contribution in [2.45, 2.75) is 44.0 Å². The minimum absolute atomic E-state index is 0.0927. The first-order valence-electron chi connectivity index (χ1n) is 10.3. The molecule has 1 aliphatic carbocycles. The molecule has 1 aromatic heterocycles. The second kappa shape index (κ2) is 7.17. The molecule has 5 nitrogen and oxygen atoms in total. The topological polar surface area (TPSA) is 43.5 Å². The smallest absolute Gasteiger partial charge is 0.128 e. The fraction of sp³-hybridized carbons (Fsp3) is 0.619. The van der Waals surface area contributed by atoms with Crippen LogP contribution in [0.25, 0.3) is 10.9 Å². The Morgan fingerprint density at radius 1 is 1.22 bits per heavy atom. The first-order chi connectivity index (χ1) is 13.2. The largest absolute Gasteiger partial charge is 0.374 e. The molecule has 5 rings (SSSR count). The van der Waals surface area contributed by atoms with Gasteiger partial charge in [0, 0.05) is 67.5 Å². The van der Waals surface area contributed by atoms with Crippen LogP contribution in [0, 0.1) is 5.82 Å². The van der Waals surface area contributed by atoms with E-state index in [2.05, 4.69) is 27.0 Å². The van der Waals surface area contributed by atoms with Gasteiger partial charge in [-0.15, -0.1) is 0 Å². The van der Waals surface area contributed by atoms with Crippen LogP contribution in [0.5, 0.6) is 0 Å². The molecule has 146 valence electrons. The number of rotatable bonds is 4. The summed E-state index contributed by atoms with van der Waals surface area (Å²) in [5, 5.41) is 4.48. The van der Waals surface area contributed by atoms with Gasteiger partial charge in [-0.25, -0.2) is 4.39 Å². The summed E-state index contributed by atoms with van der Waals surface area (Å²) in [6.45, 7) is 8.04. The van der Waals surface area contributed by atoms with Crippen molar-refractivity contribution in [1.82, 2.24) is 20.1 Å². The molecular weight excluding hydrogens is 343 g/mol. The number of fused-ring (bicyclic) bond motifs is 1. The number of nitrogens with zero attached hydrogens (tertiary/aromatic N) is 2. The lowest BCUT2D eigenvalue weighted by Gasteiger charge is -2.42. The van der Waals surface area contributed by atoms with E-state index in [1.54, 1.807) is 12.1 Å². The van der Waals surface area contributed by atoms with E-state index in [0.717, 1.165) is 42.1 Å². The van der Waals surface area contributed by atoms with Gasteiger partial charge in [0.25, 0.3) is 0 Å². The van der Waals surface area contributed by atoms with Crippen LogP contribution in [0.1, 0.15) is 31.4 Å². The highest BCUT2D eigenvalue weighted by Crippen LogP contribution is 2.30. The number of H-pyrrole nitrogens is 1. The summed E-state index contributed by atoms with van der Waals surface area (Å²) in [4.78, 5) is 8.37. The Hall–Kier alpha value is -1.47. The van der Waals surface area contributed by atoms with Gasteiger partial charge >= 0.3 is 0 Å². The summed E-state index contributed by atoms with van der Waals surface area (Å²) in [7, 11) is 0. The Kier molecular flexibility index (Phi) is 4.68. The summed E-state index contributed by atoms with van der Waals surface area (Å²) in [6, 6.07) is 6.63. The van der Waals surface area contributed by atoms with Gasteiger partial charge in [0.1, 0.15) is 5.82 Å². The van der Waals surface area contributed by atoms with Crippen LogP contribution in [-0.4, -0.2) is 72.3 Å². The molecule has 1 aromatic carbocycles. The quantitative estimate of drug-likeness (QED) is 0.866. The van der Waals surface area contributed by atoms with Crippen LogP contribution in [0.4, 0.5) is 4.39 Å². The van der Waals surface area contributed by atoms with E-state index in [4.69, 9.17) is 4.74 Å². The molecule has 2 N–H and O–H groups in total. The predicted molar refractivity (Wildman–Crippen MR) is 104 cm³/mol. The first-order valence-corrected chi connectivity index (χ1v) is 10.3. The second-order valence-corrected chi connectivity index (χ2v) is 8.39. The summed E-state index contributed by atoms with van der Waals surface area (Å²) in [6.07, 6.45) is 4.80. The Balaban J connectivity index is 1.19. The molecule has 3 aliphatic rings. The third-order valence-corrected chi connectivity index (χ3v) is 6.46. The van der Waals surface area contributed by atoms with Gasteiger partial charge in [-0.05, 0) is 38.0 Å². The van der Waals surface area contributed by atoms with Crippen molar-refractivity contribution in [1.29, 1.82) is 0 Å². The highest BCUT2D eigenvalue weighted by Gasteiger charge is 2.35. The molecule has 0 bridgehead atoms. The first kappa shape index (κ1) is 17.6. The molecule has 3 unspecified atom stereocenters. The molecule has 2 aromatic rings. The van der Waals surface area contributed by atoms with Gasteiger partial charge < -0.3 is 15.0 Å². The Labute approximate surface area is 159 Å². The maximum atomic E-state index is 14.5. The fourth-order valence-electron chi connectivity index (χ4n) is 4.74. The summed E-state index contributed by atoms with van der Waals surface area (Å²) in [5.41, 5.74) is 1.69. The molecule has 0 radical (unpaired) electrons. The van der Waals surface area contributed by atoms with E-state index in [9.17, 15) is 4.39 Å². The van der Waals surface area contributed by atoms with Crippen LogP contribution in [-0.2, 0) is 4.74 Å². The molecule has 6 heteroatoms. The standard InChI is InChI=1S/C21H29FN4O/c1-14-11-26(15-2-3-15)9-8-25(14)12-16-10-24-20(13-27-16)21-17-6-7-23-19(17)5-4-18(21)22/h4-7,14-16,20,23-24H,2-3,8-13H2,1H3. The number of benzene rings is 1. The van der Waals surface area contributed by atoms with Gasteiger partial charge in [-0.3, -0.25) is 9.80 Å². The molecular formula is C21H29FN4O. The summed E-state index contributed by atoms with van der Waals surface area (Å²) in [5.74, 6) is -0.161. The molecule has 2 aliphatic heterocycles. The van der Waals surface area contributed by atoms with E-state index < -0.39 is 0 Å². The van der Waals surface area contributed by atoms with Crippen molar-refractivity contribution in [3.05, 3.63) is 35.8 Å². The lowest BCUT2D eigenvalue weighted by Crippen LogP contribution is -2.56. The Bertz CT molecular complexity index is 797. The SMILES string of the molecule is CC1CN(C2CC2)CCN1CC1CNC(c2c(F)ccc3[nH]ccc23)CO1. The fourth-order valence-corrected chi connectivity index (χ4v) is 4.74. The number of aromatic nitrogens is 1. The van der Waals surface area contributed by atoms with Crippen molar-refractivity contribution in [3.8, 4) is 0 Å². The third kappa shape index (κ3) is 3.51. The lowest BCUT2D eigenvalue weighted by molar-refractivity contribution is -0.0337. The number of morpholine rings is 1. The van der Waals surface area contributed by atoms with Crippen molar-refractivity contribution in [3.63, 3.8) is 0 Å². The van der Waals surface area contributed by atoms with Gasteiger partial charge in [0.2, 0.25) is 0 Å². The van der Waals surface area contributed by atoms with Crippen molar-refractivity contribution in [2.75, 3.05) is 39.3 Å². The predicted octanol–water partition coefficient (Wildman–Crippen LogP) is 2.50. The Morgan fingerprint density at radius 2 is 2.11 bits per heavy atom. The molecule has 3 fully saturated rings. The monoisotopic (exact) mass is 372 g/mol. The molecule has 0 amide bonds. The molecule has 1 saturated carbocycles. The van der Waals surface area contributed by atoms with Crippen molar-refractivity contribution >= 4 is 10.9 Å². The van der Waals surface area contributed by atoms with Crippen LogP contribution in [0.2, 0.25) is 0 Å². The van der Waals surface area contributed by atoms with Crippen molar-refractivity contribution < 1.29 is 9.13 Å². The zero-order valence-corrected chi connectivity index (χ0v) is 16.0. The maximum absolute atomic E-state index is 14.5. The lowest BCUT2D eigenvalue weighted by atomic mass is 10.0. The number of aromatic amines is 1. The molecule has 3 atom stereocenters. The van der Waals surface area contributed by atoms with Gasteiger partial charge in [-0.1, -0.05) is 0 Å². The van der Waals surface area contributed by atoms with Gasteiger partial charge in [-0.2, -0.15) is 0 Å². The summed E-state index contributed by atoms with van der Waals surface area (Å²) < 4.78 is 20.7. The van der Waals surface area contributed by atoms with Crippen molar-refractivity contribution in [2.24, 2.45) is 0 Å². The zero-order chi connectivity index (χ0) is 18.4. The molecule has 27 heavy (non-hydrogen) atoms. The van der Waals surface area contributed by atoms with Crippen LogP contribution in [0.15, 0.2) is 24.4 Å². The number of hydrogen-bond acceptors (Lipinski definition) is 4. The number of hydrogen-bond donors (Lipinski definition) is 2. The highest BCUT2D eigenvalue weighted by atomic mass is 19.1. The number of ether oxygens (including phenoxy) is 1. The minimum Gasteiger partial charge on any atom is -0.374 e. The number of piperazine rings is 1. The maximum Gasteiger partial charge on any atom is 0.128 e. The number of nitrogens with one attached hydrogen (secondary N) is 2.